The summed E-state index contributed by atoms with van der Waals surface area (Å²) in [4.78, 5) is 0. The topological polar surface area (TPSA) is 49.4 Å². The van der Waals surface area contributed by atoms with Gasteiger partial charge in [-0.15, -0.1) is 0 Å². The van der Waals surface area contributed by atoms with Crippen LogP contribution in [0.2, 0.25) is 0 Å². The Hall–Kier alpha value is -0.130. The van der Waals surface area contributed by atoms with E-state index >= 15 is 0 Å². The van der Waals surface area contributed by atoms with Gasteiger partial charge in [0, 0.05) is 12.6 Å². The molecular weight excluding hydrogens is 248 g/mol. The molecule has 2 fully saturated rings. The summed E-state index contributed by atoms with van der Waals surface area (Å²) in [7, 11) is -3.06. The van der Waals surface area contributed by atoms with Crippen LogP contribution in [0.4, 0.5) is 0 Å². The normalized spacial score (nSPS) is 25.9. The summed E-state index contributed by atoms with van der Waals surface area (Å²) in [5, 5.41) is 3.30. The van der Waals surface area contributed by atoms with E-state index in [9.17, 15) is 8.42 Å². The Morgan fingerprint density at radius 3 is 2.50 bits per heavy atom. The molecule has 1 aliphatic heterocycles. The highest BCUT2D eigenvalue weighted by molar-refractivity contribution is 7.89. The lowest BCUT2D eigenvalue weighted by Crippen LogP contribution is -2.42. The summed E-state index contributed by atoms with van der Waals surface area (Å²) < 4.78 is 26.8. The molecule has 4 nitrogen and oxygen atoms in total. The molecule has 1 unspecified atom stereocenters. The first-order valence-corrected chi connectivity index (χ1v) is 8.80. The van der Waals surface area contributed by atoms with E-state index in [0.717, 1.165) is 38.8 Å². The largest absolute Gasteiger partial charge is 0.316 e. The Morgan fingerprint density at radius 1 is 1.28 bits per heavy atom. The van der Waals surface area contributed by atoms with Gasteiger partial charge in [0.1, 0.15) is 0 Å². The Labute approximate surface area is 111 Å². The van der Waals surface area contributed by atoms with Crippen LogP contribution in [0.1, 0.15) is 39.5 Å². The second kappa shape index (κ2) is 5.88. The molecule has 0 radical (unpaired) electrons. The van der Waals surface area contributed by atoms with Gasteiger partial charge in [-0.05, 0) is 50.6 Å². The van der Waals surface area contributed by atoms with Gasteiger partial charge in [-0.1, -0.05) is 13.8 Å². The van der Waals surface area contributed by atoms with Crippen molar-refractivity contribution in [2.24, 2.45) is 11.8 Å². The standard InChI is InChI=1S/C13H26N2O2S/c1-11(2)9-15(13-5-6-13)18(16,17)10-12-4-3-7-14-8-12/h11-14H,3-10H2,1-2H3. The minimum absolute atomic E-state index is 0.300. The van der Waals surface area contributed by atoms with Crippen molar-refractivity contribution in [3.63, 3.8) is 0 Å². The average Bonchev–Trinajstić information content (AvgIpc) is 3.10. The van der Waals surface area contributed by atoms with Crippen molar-refractivity contribution in [1.82, 2.24) is 9.62 Å². The SMILES string of the molecule is CC(C)CN(C1CC1)S(=O)(=O)CC1CCCNC1. The smallest absolute Gasteiger partial charge is 0.214 e. The Kier molecular flexibility index (Phi) is 4.67. The van der Waals surface area contributed by atoms with Crippen molar-refractivity contribution in [2.45, 2.75) is 45.6 Å². The van der Waals surface area contributed by atoms with Crippen LogP contribution in [0.25, 0.3) is 0 Å². The monoisotopic (exact) mass is 274 g/mol. The van der Waals surface area contributed by atoms with E-state index in [2.05, 4.69) is 19.2 Å². The molecule has 5 heteroatoms. The van der Waals surface area contributed by atoms with E-state index in [1.807, 2.05) is 0 Å². The highest BCUT2D eigenvalue weighted by Gasteiger charge is 2.38. The highest BCUT2D eigenvalue weighted by Crippen LogP contribution is 2.31. The lowest BCUT2D eigenvalue weighted by atomic mass is 10.0. The second-order valence-electron chi connectivity index (χ2n) is 6.19. The molecule has 0 aromatic rings. The molecule has 106 valence electrons. The first-order valence-electron chi connectivity index (χ1n) is 7.19. The summed E-state index contributed by atoms with van der Waals surface area (Å²) in [6.45, 7) is 6.77. The summed E-state index contributed by atoms with van der Waals surface area (Å²) in [5.74, 6) is 1.05. The molecule has 0 spiro atoms. The predicted octanol–water partition coefficient (Wildman–Crippen LogP) is 1.44. The number of sulfonamides is 1. The van der Waals surface area contributed by atoms with E-state index in [1.54, 1.807) is 4.31 Å². The summed E-state index contributed by atoms with van der Waals surface area (Å²) in [6.07, 6.45) is 4.25. The Morgan fingerprint density at radius 2 is 2.00 bits per heavy atom. The van der Waals surface area contributed by atoms with Gasteiger partial charge in [0.2, 0.25) is 10.0 Å². The van der Waals surface area contributed by atoms with Gasteiger partial charge >= 0.3 is 0 Å². The number of rotatable bonds is 6. The maximum absolute atomic E-state index is 12.5. The fourth-order valence-corrected chi connectivity index (χ4v) is 4.93. The molecular formula is C13H26N2O2S. The maximum atomic E-state index is 12.5. The number of nitrogens with zero attached hydrogens (tertiary/aromatic N) is 1. The first-order chi connectivity index (χ1) is 8.49. The molecule has 1 heterocycles. The van der Waals surface area contributed by atoms with Gasteiger partial charge in [-0.3, -0.25) is 0 Å². The van der Waals surface area contributed by atoms with E-state index < -0.39 is 10.0 Å². The highest BCUT2D eigenvalue weighted by atomic mass is 32.2. The maximum Gasteiger partial charge on any atom is 0.214 e. The van der Waals surface area contributed by atoms with Gasteiger partial charge in [0.05, 0.1) is 5.75 Å². The van der Waals surface area contributed by atoms with Crippen molar-refractivity contribution in [3.05, 3.63) is 0 Å². The quantitative estimate of drug-likeness (QED) is 0.797. The van der Waals surface area contributed by atoms with Crippen LogP contribution in [-0.4, -0.2) is 44.2 Å². The van der Waals surface area contributed by atoms with Crippen LogP contribution >= 0.6 is 0 Å². The minimum Gasteiger partial charge on any atom is -0.316 e. The summed E-state index contributed by atoms with van der Waals surface area (Å²) in [5.41, 5.74) is 0. The van der Waals surface area contributed by atoms with Crippen LogP contribution in [0.15, 0.2) is 0 Å². The number of hydrogen-bond donors (Lipinski definition) is 1. The molecule has 1 saturated carbocycles. The molecule has 18 heavy (non-hydrogen) atoms. The zero-order chi connectivity index (χ0) is 13.2. The molecule has 0 aromatic heterocycles. The molecule has 1 atom stereocenters. The lowest BCUT2D eigenvalue weighted by molar-refractivity contribution is 0.346. The number of hydrogen-bond acceptors (Lipinski definition) is 3. The van der Waals surface area contributed by atoms with E-state index in [1.165, 1.54) is 0 Å². The molecule has 2 aliphatic rings. The molecule has 1 N–H and O–H groups in total. The molecule has 2 rings (SSSR count). The zero-order valence-electron chi connectivity index (χ0n) is 11.6. The molecule has 1 aliphatic carbocycles. The lowest BCUT2D eigenvalue weighted by Gasteiger charge is -2.28. The van der Waals surface area contributed by atoms with Gasteiger partial charge in [0.15, 0.2) is 0 Å². The molecule has 0 amide bonds. The first kappa shape index (κ1) is 14.3. The minimum atomic E-state index is -3.06. The van der Waals surface area contributed by atoms with Crippen molar-refractivity contribution in [3.8, 4) is 0 Å². The second-order valence-corrected chi connectivity index (χ2v) is 8.15. The average molecular weight is 274 g/mol. The van der Waals surface area contributed by atoms with Gasteiger partial charge in [-0.2, -0.15) is 4.31 Å². The van der Waals surface area contributed by atoms with Crippen LogP contribution < -0.4 is 5.32 Å². The number of nitrogens with one attached hydrogen (secondary N) is 1. The van der Waals surface area contributed by atoms with Crippen LogP contribution in [0, 0.1) is 11.8 Å². The van der Waals surface area contributed by atoms with Crippen LogP contribution in [0.3, 0.4) is 0 Å². The van der Waals surface area contributed by atoms with Crippen LogP contribution in [0.5, 0.6) is 0 Å². The zero-order valence-corrected chi connectivity index (χ0v) is 12.4. The fraction of sp³-hybridized carbons (Fsp3) is 1.00. The summed E-state index contributed by atoms with van der Waals surface area (Å²) >= 11 is 0. The van der Waals surface area contributed by atoms with Crippen molar-refractivity contribution < 1.29 is 8.42 Å². The van der Waals surface area contributed by atoms with E-state index in [4.69, 9.17) is 0 Å². The van der Waals surface area contributed by atoms with E-state index in [-0.39, 0.29) is 0 Å². The predicted molar refractivity (Wildman–Crippen MR) is 73.9 cm³/mol. The number of piperidine rings is 1. The molecule has 0 aromatic carbocycles. The Bertz CT molecular complexity index is 357. The van der Waals surface area contributed by atoms with Crippen molar-refractivity contribution in [1.29, 1.82) is 0 Å². The fourth-order valence-electron chi connectivity index (χ4n) is 2.67. The summed E-state index contributed by atoms with van der Waals surface area (Å²) in [6, 6.07) is 0.300. The Balaban J connectivity index is 1.97. The van der Waals surface area contributed by atoms with Gasteiger partial charge in [-0.25, -0.2) is 8.42 Å². The van der Waals surface area contributed by atoms with Crippen LogP contribution in [-0.2, 0) is 10.0 Å². The molecule has 0 bridgehead atoms. The van der Waals surface area contributed by atoms with Gasteiger partial charge in [0.25, 0.3) is 0 Å². The van der Waals surface area contributed by atoms with E-state index in [0.29, 0.717) is 30.2 Å². The van der Waals surface area contributed by atoms with Crippen molar-refractivity contribution in [2.75, 3.05) is 25.4 Å². The third-order valence-electron chi connectivity index (χ3n) is 3.70. The molecule has 1 saturated heterocycles. The third-order valence-corrected chi connectivity index (χ3v) is 5.76. The van der Waals surface area contributed by atoms with Gasteiger partial charge < -0.3 is 5.32 Å². The third kappa shape index (κ3) is 3.93. The van der Waals surface area contributed by atoms with Crippen molar-refractivity contribution >= 4 is 10.0 Å².